The molecule has 0 atom stereocenters. The van der Waals surface area contributed by atoms with Gasteiger partial charge in [0.05, 0.1) is 13.5 Å². The van der Waals surface area contributed by atoms with Gasteiger partial charge in [0.2, 0.25) is 5.88 Å². The molecule has 0 fully saturated rings. The first kappa shape index (κ1) is 15.3. The minimum absolute atomic E-state index is 0.109. The summed E-state index contributed by atoms with van der Waals surface area (Å²) in [7, 11) is 1.35. The standard InChI is InChI=1S/C12H15F3N2O2/c1-3-17(8-6-12(13,14)15)11(18)9-5-4-7-16-10(9)19-2/h4-5,7H,3,6,8H2,1-2H3. The number of methoxy groups -OCH3 is 1. The van der Waals surface area contributed by atoms with Gasteiger partial charge < -0.3 is 9.64 Å². The van der Waals surface area contributed by atoms with Crippen molar-refractivity contribution in [2.75, 3.05) is 20.2 Å². The average Bonchev–Trinajstić information content (AvgIpc) is 2.37. The molecule has 0 saturated carbocycles. The fourth-order valence-electron chi connectivity index (χ4n) is 1.55. The van der Waals surface area contributed by atoms with Crippen LogP contribution in [0.25, 0.3) is 0 Å². The van der Waals surface area contributed by atoms with Crippen LogP contribution in [0.3, 0.4) is 0 Å². The Balaban J connectivity index is 2.83. The molecule has 0 N–H and O–H groups in total. The van der Waals surface area contributed by atoms with E-state index < -0.39 is 18.5 Å². The molecule has 0 aromatic carbocycles. The van der Waals surface area contributed by atoms with Gasteiger partial charge in [-0.3, -0.25) is 4.79 Å². The minimum atomic E-state index is -4.28. The molecular formula is C12H15F3N2O2. The zero-order valence-corrected chi connectivity index (χ0v) is 10.7. The molecule has 19 heavy (non-hydrogen) atoms. The number of alkyl halides is 3. The van der Waals surface area contributed by atoms with E-state index in [9.17, 15) is 18.0 Å². The molecule has 0 aliphatic rings. The van der Waals surface area contributed by atoms with Crippen LogP contribution in [0.15, 0.2) is 18.3 Å². The minimum Gasteiger partial charge on any atom is -0.480 e. The third kappa shape index (κ3) is 4.42. The van der Waals surface area contributed by atoms with Crippen LogP contribution in [0.4, 0.5) is 13.2 Å². The van der Waals surface area contributed by atoms with Gasteiger partial charge in [0.1, 0.15) is 5.56 Å². The number of amides is 1. The Hall–Kier alpha value is -1.79. The molecule has 0 bridgehead atoms. The van der Waals surface area contributed by atoms with E-state index in [-0.39, 0.29) is 24.5 Å². The Morgan fingerprint density at radius 3 is 2.68 bits per heavy atom. The molecule has 0 saturated heterocycles. The fraction of sp³-hybridized carbons (Fsp3) is 0.500. The molecule has 0 spiro atoms. The van der Waals surface area contributed by atoms with Gasteiger partial charge in [-0.1, -0.05) is 0 Å². The van der Waals surface area contributed by atoms with E-state index in [4.69, 9.17) is 4.74 Å². The molecule has 0 radical (unpaired) electrons. The Morgan fingerprint density at radius 2 is 2.16 bits per heavy atom. The van der Waals surface area contributed by atoms with Crippen molar-refractivity contribution >= 4 is 5.91 Å². The van der Waals surface area contributed by atoms with Crippen LogP contribution in [0.2, 0.25) is 0 Å². The van der Waals surface area contributed by atoms with Gasteiger partial charge in [0.25, 0.3) is 5.91 Å². The summed E-state index contributed by atoms with van der Waals surface area (Å²) < 4.78 is 41.5. The van der Waals surface area contributed by atoms with Gasteiger partial charge in [-0.25, -0.2) is 4.98 Å². The van der Waals surface area contributed by atoms with Gasteiger partial charge in [-0.15, -0.1) is 0 Å². The Kier molecular flexibility index (Phi) is 5.14. The lowest BCUT2D eigenvalue weighted by Gasteiger charge is -2.22. The first-order chi connectivity index (χ1) is 8.89. The summed E-state index contributed by atoms with van der Waals surface area (Å²) in [6.45, 7) is 1.43. The highest BCUT2D eigenvalue weighted by Gasteiger charge is 2.29. The predicted molar refractivity (Wildman–Crippen MR) is 63.0 cm³/mol. The second-order valence-corrected chi connectivity index (χ2v) is 3.81. The summed E-state index contributed by atoms with van der Waals surface area (Å²) in [4.78, 5) is 17.1. The number of pyridine rings is 1. The van der Waals surface area contributed by atoms with E-state index in [2.05, 4.69) is 4.98 Å². The number of hydrogen-bond acceptors (Lipinski definition) is 3. The Morgan fingerprint density at radius 1 is 1.47 bits per heavy atom. The summed E-state index contributed by atoms with van der Waals surface area (Å²) in [5.41, 5.74) is 0.161. The Labute approximate surface area is 109 Å². The van der Waals surface area contributed by atoms with Gasteiger partial charge in [-0.05, 0) is 19.1 Å². The van der Waals surface area contributed by atoms with E-state index >= 15 is 0 Å². The largest absolute Gasteiger partial charge is 0.480 e. The summed E-state index contributed by atoms with van der Waals surface area (Å²) in [6.07, 6.45) is -3.87. The third-order valence-electron chi connectivity index (χ3n) is 2.53. The summed E-state index contributed by atoms with van der Waals surface area (Å²) in [6, 6.07) is 3.01. The maximum atomic E-state index is 12.2. The second-order valence-electron chi connectivity index (χ2n) is 3.81. The van der Waals surface area contributed by atoms with Gasteiger partial charge in [0, 0.05) is 19.3 Å². The summed E-state index contributed by atoms with van der Waals surface area (Å²) >= 11 is 0. The van der Waals surface area contributed by atoms with Crippen LogP contribution in [0.1, 0.15) is 23.7 Å². The highest BCUT2D eigenvalue weighted by atomic mass is 19.4. The number of rotatable bonds is 5. The zero-order chi connectivity index (χ0) is 14.5. The Bertz CT molecular complexity index is 435. The maximum Gasteiger partial charge on any atom is 0.390 e. The molecule has 0 aliphatic carbocycles. The molecule has 1 aromatic rings. The van der Waals surface area contributed by atoms with Crippen LogP contribution in [0.5, 0.6) is 5.88 Å². The maximum absolute atomic E-state index is 12.2. The number of nitrogens with zero attached hydrogens (tertiary/aromatic N) is 2. The van der Waals surface area contributed by atoms with Gasteiger partial charge in [-0.2, -0.15) is 13.2 Å². The molecule has 1 aromatic heterocycles. The van der Waals surface area contributed by atoms with E-state index in [1.165, 1.54) is 25.4 Å². The van der Waals surface area contributed by atoms with Gasteiger partial charge >= 0.3 is 6.18 Å². The molecule has 1 amide bonds. The average molecular weight is 276 g/mol. The number of hydrogen-bond donors (Lipinski definition) is 0. The molecule has 1 heterocycles. The number of carbonyl (C=O) groups is 1. The lowest BCUT2D eigenvalue weighted by molar-refractivity contribution is -0.136. The van der Waals surface area contributed by atoms with E-state index in [0.717, 1.165) is 4.90 Å². The highest BCUT2D eigenvalue weighted by molar-refractivity contribution is 5.96. The zero-order valence-electron chi connectivity index (χ0n) is 10.7. The van der Waals surface area contributed by atoms with Crippen molar-refractivity contribution in [1.82, 2.24) is 9.88 Å². The molecular weight excluding hydrogens is 261 g/mol. The molecule has 0 unspecified atom stereocenters. The van der Waals surface area contributed by atoms with Crippen molar-refractivity contribution in [3.63, 3.8) is 0 Å². The van der Waals surface area contributed by atoms with Crippen molar-refractivity contribution in [2.45, 2.75) is 19.5 Å². The van der Waals surface area contributed by atoms with E-state index in [1.807, 2.05) is 0 Å². The smallest absolute Gasteiger partial charge is 0.390 e. The molecule has 0 aliphatic heterocycles. The SMILES string of the molecule is CCN(CCC(F)(F)F)C(=O)c1cccnc1OC. The van der Waals surface area contributed by atoms with Crippen LogP contribution < -0.4 is 4.74 Å². The fourth-order valence-corrected chi connectivity index (χ4v) is 1.55. The number of aromatic nitrogens is 1. The highest BCUT2D eigenvalue weighted by Crippen LogP contribution is 2.21. The predicted octanol–water partition coefficient (Wildman–Crippen LogP) is 2.50. The van der Waals surface area contributed by atoms with E-state index in [1.54, 1.807) is 6.92 Å². The second kappa shape index (κ2) is 6.40. The molecule has 7 heteroatoms. The third-order valence-corrected chi connectivity index (χ3v) is 2.53. The lowest BCUT2D eigenvalue weighted by atomic mass is 10.2. The van der Waals surface area contributed by atoms with Crippen molar-refractivity contribution in [3.05, 3.63) is 23.9 Å². The van der Waals surface area contributed by atoms with Crippen molar-refractivity contribution in [3.8, 4) is 5.88 Å². The number of halogens is 3. The first-order valence-corrected chi connectivity index (χ1v) is 5.74. The van der Waals surface area contributed by atoms with Crippen molar-refractivity contribution in [1.29, 1.82) is 0 Å². The van der Waals surface area contributed by atoms with Crippen molar-refractivity contribution < 1.29 is 22.7 Å². The monoisotopic (exact) mass is 276 g/mol. The quantitative estimate of drug-likeness (QED) is 0.829. The lowest BCUT2D eigenvalue weighted by Crippen LogP contribution is -2.34. The van der Waals surface area contributed by atoms with Crippen molar-refractivity contribution in [2.24, 2.45) is 0 Å². The van der Waals surface area contributed by atoms with Crippen LogP contribution in [-0.4, -0.2) is 42.2 Å². The molecule has 4 nitrogen and oxygen atoms in total. The molecule has 106 valence electrons. The topological polar surface area (TPSA) is 42.4 Å². The van der Waals surface area contributed by atoms with Crippen LogP contribution in [0, 0.1) is 0 Å². The number of ether oxygens (including phenoxy) is 1. The molecule has 1 rings (SSSR count). The summed E-state index contributed by atoms with van der Waals surface area (Å²) in [5.74, 6) is -0.408. The van der Waals surface area contributed by atoms with Gasteiger partial charge in [0.15, 0.2) is 0 Å². The first-order valence-electron chi connectivity index (χ1n) is 5.74. The number of carbonyl (C=O) groups excluding carboxylic acids is 1. The normalized spacial score (nSPS) is 11.2. The summed E-state index contributed by atoms with van der Waals surface area (Å²) in [5, 5.41) is 0. The van der Waals surface area contributed by atoms with E-state index in [0.29, 0.717) is 0 Å². The van der Waals surface area contributed by atoms with Crippen LogP contribution in [-0.2, 0) is 0 Å². The van der Waals surface area contributed by atoms with Crippen LogP contribution >= 0.6 is 0 Å².